The summed E-state index contributed by atoms with van der Waals surface area (Å²) in [6.07, 6.45) is 2.65. The third kappa shape index (κ3) is 3.58. The van der Waals surface area contributed by atoms with E-state index in [-0.39, 0.29) is 0 Å². The molecule has 1 N–H and O–H groups in total. The predicted molar refractivity (Wildman–Crippen MR) is 62.6 cm³/mol. The zero-order chi connectivity index (χ0) is 10.6. The van der Waals surface area contributed by atoms with Crippen LogP contribution < -0.4 is 5.32 Å². The molecule has 1 fully saturated rings. The van der Waals surface area contributed by atoms with Crippen molar-refractivity contribution < 1.29 is 0 Å². The van der Waals surface area contributed by atoms with Gasteiger partial charge in [0.2, 0.25) is 0 Å². The molecule has 0 amide bonds. The van der Waals surface area contributed by atoms with E-state index in [9.17, 15) is 0 Å². The molecule has 0 aromatic heterocycles. The van der Waals surface area contributed by atoms with Crippen LogP contribution in [0.25, 0.3) is 0 Å². The summed E-state index contributed by atoms with van der Waals surface area (Å²) in [7, 11) is 0. The molecule has 84 valence electrons. The fourth-order valence-electron chi connectivity index (χ4n) is 2.50. The monoisotopic (exact) mass is 198 g/mol. The van der Waals surface area contributed by atoms with Crippen molar-refractivity contribution in [3.8, 4) is 0 Å². The van der Waals surface area contributed by atoms with Crippen LogP contribution >= 0.6 is 0 Å². The zero-order valence-electron chi connectivity index (χ0n) is 10.2. The highest BCUT2D eigenvalue weighted by Crippen LogP contribution is 2.12. The average Bonchev–Trinajstić information content (AvgIpc) is 2.12. The van der Waals surface area contributed by atoms with Crippen LogP contribution in [0.15, 0.2) is 0 Å². The lowest BCUT2D eigenvalue weighted by molar-refractivity contribution is 0.147. The number of piperazine rings is 1. The summed E-state index contributed by atoms with van der Waals surface area (Å²) in [5.41, 5.74) is 0. The number of nitrogens with zero attached hydrogens (tertiary/aromatic N) is 1. The minimum atomic E-state index is 0.660. The molecular weight excluding hydrogens is 172 g/mol. The number of hydrogen-bond acceptors (Lipinski definition) is 2. The van der Waals surface area contributed by atoms with Crippen molar-refractivity contribution in [1.82, 2.24) is 10.2 Å². The third-order valence-electron chi connectivity index (χ3n) is 3.30. The van der Waals surface area contributed by atoms with Crippen molar-refractivity contribution in [2.45, 2.75) is 52.6 Å². The third-order valence-corrected chi connectivity index (χ3v) is 3.30. The first kappa shape index (κ1) is 12.0. The van der Waals surface area contributed by atoms with Gasteiger partial charge in [-0.25, -0.2) is 0 Å². The van der Waals surface area contributed by atoms with Gasteiger partial charge in [-0.3, -0.25) is 4.90 Å². The van der Waals surface area contributed by atoms with E-state index in [0.29, 0.717) is 12.1 Å². The highest BCUT2D eigenvalue weighted by Gasteiger charge is 2.21. The quantitative estimate of drug-likeness (QED) is 0.744. The first-order valence-corrected chi connectivity index (χ1v) is 6.14. The SMILES string of the molecule is CCC(CC)CN1CC(C)NC(C)C1. The molecular formula is C12H26N2. The van der Waals surface area contributed by atoms with Crippen molar-refractivity contribution in [2.24, 2.45) is 5.92 Å². The second-order valence-electron chi connectivity index (χ2n) is 4.87. The largest absolute Gasteiger partial charge is 0.309 e. The van der Waals surface area contributed by atoms with Crippen LogP contribution in [0, 0.1) is 5.92 Å². The summed E-state index contributed by atoms with van der Waals surface area (Å²) in [6.45, 7) is 12.9. The normalized spacial score (nSPS) is 29.8. The topological polar surface area (TPSA) is 15.3 Å². The van der Waals surface area contributed by atoms with Gasteiger partial charge in [0, 0.05) is 31.7 Å². The van der Waals surface area contributed by atoms with Crippen molar-refractivity contribution in [3.63, 3.8) is 0 Å². The van der Waals surface area contributed by atoms with Gasteiger partial charge in [0.25, 0.3) is 0 Å². The van der Waals surface area contributed by atoms with E-state index in [4.69, 9.17) is 0 Å². The van der Waals surface area contributed by atoms with E-state index < -0.39 is 0 Å². The molecule has 14 heavy (non-hydrogen) atoms. The molecule has 2 nitrogen and oxygen atoms in total. The second-order valence-corrected chi connectivity index (χ2v) is 4.87. The summed E-state index contributed by atoms with van der Waals surface area (Å²) < 4.78 is 0. The minimum absolute atomic E-state index is 0.660. The van der Waals surface area contributed by atoms with Gasteiger partial charge in [0.1, 0.15) is 0 Å². The van der Waals surface area contributed by atoms with Crippen molar-refractivity contribution in [3.05, 3.63) is 0 Å². The summed E-state index contributed by atoms with van der Waals surface area (Å²) in [4.78, 5) is 2.63. The maximum Gasteiger partial charge on any atom is 0.0169 e. The Morgan fingerprint density at radius 1 is 1.14 bits per heavy atom. The fourth-order valence-corrected chi connectivity index (χ4v) is 2.50. The molecule has 0 saturated carbocycles. The van der Waals surface area contributed by atoms with Crippen LogP contribution in [0.5, 0.6) is 0 Å². The van der Waals surface area contributed by atoms with Crippen LogP contribution in [-0.2, 0) is 0 Å². The van der Waals surface area contributed by atoms with E-state index in [2.05, 4.69) is 37.9 Å². The first-order valence-electron chi connectivity index (χ1n) is 6.14. The molecule has 1 saturated heterocycles. The van der Waals surface area contributed by atoms with Gasteiger partial charge in [-0.1, -0.05) is 26.7 Å². The smallest absolute Gasteiger partial charge is 0.0169 e. The highest BCUT2D eigenvalue weighted by molar-refractivity contribution is 4.81. The lowest BCUT2D eigenvalue weighted by atomic mass is 10.0. The van der Waals surface area contributed by atoms with E-state index in [1.54, 1.807) is 0 Å². The number of nitrogens with one attached hydrogen (secondary N) is 1. The van der Waals surface area contributed by atoms with Crippen molar-refractivity contribution >= 4 is 0 Å². The lowest BCUT2D eigenvalue weighted by Gasteiger charge is -2.37. The molecule has 1 aliphatic heterocycles. The van der Waals surface area contributed by atoms with Crippen LogP contribution in [0.3, 0.4) is 0 Å². The first-order chi connectivity index (χ1) is 6.65. The standard InChI is InChI=1S/C12H26N2/c1-5-12(6-2)9-14-7-10(3)13-11(4)8-14/h10-13H,5-9H2,1-4H3. The summed E-state index contributed by atoms with van der Waals surface area (Å²) in [6, 6.07) is 1.32. The molecule has 0 aliphatic carbocycles. The fraction of sp³-hybridized carbons (Fsp3) is 1.00. The van der Waals surface area contributed by atoms with Gasteiger partial charge in [-0.05, 0) is 19.8 Å². The maximum absolute atomic E-state index is 3.58. The molecule has 1 rings (SSSR count). The Bertz CT molecular complexity index is 144. The van der Waals surface area contributed by atoms with Gasteiger partial charge in [0.15, 0.2) is 0 Å². The van der Waals surface area contributed by atoms with E-state index >= 15 is 0 Å². The Morgan fingerprint density at radius 3 is 2.07 bits per heavy atom. The average molecular weight is 198 g/mol. The van der Waals surface area contributed by atoms with Crippen molar-refractivity contribution in [2.75, 3.05) is 19.6 Å². The van der Waals surface area contributed by atoms with Gasteiger partial charge >= 0.3 is 0 Å². The molecule has 2 heteroatoms. The van der Waals surface area contributed by atoms with Crippen LogP contribution in [-0.4, -0.2) is 36.6 Å². The van der Waals surface area contributed by atoms with E-state index in [1.165, 1.54) is 32.5 Å². The van der Waals surface area contributed by atoms with Gasteiger partial charge in [-0.15, -0.1) is 0 Å². The predicted octanol–water partition coefficient (Wildman–Crippen LogP) is 2.10. The molecule has 0 aromatic carbocycles. The summed E-state index contributed by atoms with van der Waals surface area (Å²) in [5.74, 6) is 0.896. The van der Waals surface area contributed by atoms with E-state index in [0.717, 1.165) is 5.92 Å². The molecule has 0 spiro atoms. The summed E-state index contributed by atoms with van der Waals surface area (Å²) >= 11 is 0. The Labute approximate surface area is 89.1 Å². The van der Waals surface area contributed by atoms with Gasteiger partial charge in [0.05, 0.1) is 0 Å². The summed E-state index contributed by atoms with van der Waals surface area (Å²) in [5, 5.41) is 3.58. The molecule has 2 atom stereocenters. The molecule has 0 radical (unpaired) electrons. The Balaban J connectivity index is 2.35. The van der Waals surface area contributed by atoms with Crippen LogP contribution in [0.1, 0.15) is 40.5 Å². The van der Waals surface area contributed by atoms with E-state index in [1.807, 2.05) is 0 Å². The lowest BCUT2D eigenvalue weighted by Crippen LogP contribution is -2.55. The number of rotatable bonds is 4. The Hall–Kier alpha value is -0.0800. The van der Waals surface area contributed by atoms with Crippen LogP contribution in [0.2, 0.25) is 0 Å². The Kier molecular flexibility index (Phi) is 4.90. The molecule has 0 aromatic rings. The molecule has 2 unspecified atom stereocenters. The molecule has 1 heterocycles. The van der Waals surface area contributed by atoms with Gasteiger partial charge in [-0.2, -0.15) is 0 Å². The highest BCUT2D eigenvalue weighted by atomic mass is 15.2. The minimum Gasteiger partial charge on any atom is -0.309 e. The Morgan fingerprint density at radius 2 is 1.64 bits per heavy atom. The molecule has 1 aliphatic rings. The second kappa shape index (κ2) is 5.72. The van der Waals surface area contributed by atoms with Crippen molar-refractivity contribution in [1.29, 1.82) is 0 Å². The molecule has 0 bridgehead atoms. The zero-order valence-corrected chi connectivity index (χ0v) is 10.2. The number of hydrogen-bond donors (Lipinski definition) is 1. The van der Waals surface area contributed by atoms with Crippen LogP contribution in [0.4, 0.5) is 0 Å². The van der Waals surface area contributed by atoms with Gasteiger partial charge < -0.3 is 5.32 Å². The maximum atomic E-state index is 3.58.